The van der Waals surface area contributed by atoms with Gasteiger partial charge in [0.05, 0.1) is 11.4 Å². The van der Waals surface area contributed by atoms with Gasteiger partial charge in [0.2, 0.25) is 0 Å². The zero-order valence-corrected chi connectivity index (χ0v) is 27.3. The maximum Gasteiger partial charge on any atom is 0.0613 e. The zero-order valence-electron chi connectivity index (χ0n) is 27.3. The van der Waals surface area contributed by atoms with Gasteiger partial charge in [-0.15, -0.1) is 0 Å². The van der Waals surface area contributed by atoms with Crippen molar-refractivity contribution in [3.8, 4) is 0 Å². The Morgan fingerprint density at radius 2 is 1.18 bits per heavy atom. The number of allylic oxidation sites excluding steroid dienone is 4. The molecule has 4 aromatic rings. The van der Waals surface area contributed by atoms with Gasteiger partial charge in [-0.3, -0.25) is 0 Å². The van der Waals surface area contributed by atoms with E-state index in [0.29, 0.717) is 11.8 Å². The lowest BCUT2D eigenvalue weighted by Gasteiger charge is -2.37. The Balaban J connectivity index is 1.61. The summed E-state index contributed by atoms with van der Waals surface area (Å²) in [5, 5.41) is 2.69. The molecule has 2 nitrogen and oxygen atoms in total. The summed E-state index contributed by atoms with van der Waals surface area (Å²) in [7, 11) is 0. The second-order valence-corrected chi connectivity index (χ2v) is 13.3. The van der Waals surface area contributed by atoms with Gasteiger partial charge < -0.3 is 9.80 Å². The van der Waals surface area contributed by atoms with Crippen molar-refractivity contribution in [3.63, 3.8) is 0 Å². The van der Waals surface area contributed by atoms with E-state index in [-0.39, 0.29) is 0 Å². The fourth-order valence-corrected chi connectivity index (χ4v) is 7.32. The number of aryl methyl sites for hydroxylation is 3. The molecule has 0 spiro atoms. The van der Waals surface area contributed by atoms with E-state index >= 15 is 0 Å². The number of benzene rings is 4. The second kappa shape index (κ2) is 12.1. The lowest BCUT2D eigenvalue weighted by Crippen LogP contribution is -2.40. The fourth-order valence-electron chi connectivity index (χ4n) is 7.32. The van der Waals surface area contributed by atoms with Crippen molar-refractivity contribution in [2.75, 3.05) is 9.80 Å². The highest BCUT2D eigenvalue weighted by Crippen LogP contribution is 2.43. The lowest BCUT2D eigenvalue weighted by atomic mass is 9.84. The Labute approximate surface area is 269 Å². The molecule has 3 aliphatic carbocycles. The van der Waals surface area contributed by atoms with E-state index in [2.05, 4.69) is 160 Å². The van der Waals surface area contributed by atoms with Crippen molar-refractivity contribution < 1.29 is 0 Å². The summed E-state index contributed by atoms with van der Waals surface area (Å²) in [5.74, 6) is 0.945. The van der Waals surface area contributed by atoms with Crippen molar-refractivity contribution >= 4 is 46.7 Å². The fraction of sp³-hybridized carbons (Fsp3) is 0.256. The van der Waals surface area contributed by atoms with Gasteiger partial charge in [0.25, 0.3) is 0 Å². The Kier molecular flexibility index (Phi) is 7.83. The monoisotopic (exact) mass is 588 g/mol. The SMILES string of the molecule is Cc1cccc(N(C2=CC(C)CC=C2)c2c3c(c(N(c4cccc(C)c4)c4cccc(C)c4)c4c2=CCCC=4)CC(C)C=C3)c1. The third-order valence-corrected chi connectivity index (χ3v) is 9.38. The maximum absolute atomic E-state index is 2.56. The number of hydrogen-bond acceptors (Lipinski definition) is 2. The molecule has 2 atom stereocenters. The van der Waals surface area contributed by atoms with Crippen molar-refractivity contribution in [1.82, 2.24) is 0 Å². The molecule has 226 valence electrons. The number of hydrogen-bond donors (Lipinski definition) is 0. The summed E-state index contributed by atoms with van der Waals surface area (Å²) in [5.41, 5.74) is 14.1. The highest BCUT2D eigenvalue weighted by molar-refractivity contribution is 5.90. The first-order valence-corrected chi connectivity index (χ1v) is 16.6. The van der Waals surface area contributed by atoms with Gasteiger partial charge >= 0.3 is 0 Å². The molecule has 45 heavy (non-hydrogen) atoms. The van der Waals surface area contributed by atoms with Crippen LogP contribution in [-0.2, 0) is 6.42 Å². The molecule has 0 saturated carbocycles. The Morgan fingerprint density at radius 3 is 1.73 bits per heavy atom. The molecule has 0 saturated heterocycles. The van der Waals surface area contributed by atoms with Crippen LogP contribution in [0.1, 0.15) is 60.9 Å². The van der Waals surface area contributed by atoms with Crippen LogP contribution in [0.15, 0.2) is 103 Å². The first kappa shape index (κ1) is 29.2. The summed E-state index contributed by atoms with van der Waals surface area (Å²) in [6.45, 7) is 11.3. The minimum atomic E-state index is 0.452. The summed E-state index contributed by atoms with van der Waals surface area (Å²) >= 11 is 0. The van der Waals surface area contributed by atoms with Crippen LogP contribution >= 0.6 is 0 Å². The molecule has 0 heterocycles. The van der Waals surface area contributed by atoms with Crippen LogP contribution in [0.4, 0.5) is 28.4 Å². The molecule has 0 radical (unpaired) electrons. The summed E-state index contributed by atoms with van der Waals surface area (Å²) < 4.78 is 0. The van der Waals surface area contributed by atoms with E-state index in [0.717, 1.165) is 25.7 Å². The molecule has 2 heteroatoms. The average molecular weight is 589 g/mol. The number of fused-ring (bicyclic) bond motifs is 2. The quantitative estimate of drug-likeness (QED) is 0.207. The van der Waals surface area contributed by atoms with Gasteiger partial charge in [-0.05, 0) is 123 Å². The zero-order chi connectivity index (χ0) is 31.1. The highest BCUT2D eigenvalue weighted by Gasteiger charge is 2.30. The maximum atomic E-state index is 2.56. The number of nitrogens with zero attached hydrogens (tertiary/aromatic N) is 2. The molecular formula is C43H44N2. The molecule has 2 unspecified atom stereocenters. The van der Waals surface area contributed by atoms with Crippen molar-refractivity contribution in [2.45, 2.75) is 60.3 Å². The topological polar surface area (TPSA) is 6.48 Å². The van der Waals surface area contributed by atoms with Gasteiger partial charge in [0.15, 0.2) is 0 Å². The lowest BCUT2D eigenvalue weighted by molar-refractivity contribution is 0.715. The third-order valence-electron chi connectivity index (χ3n) is 9.38. The van der Waals surface area contributed by atoms with E-state index in [1.54, 1.807) is 0 Å². The number of rotatable bonds is 6. The van der Waals surface area contributed by atoms with E-state index in [4.69, 9.17) is 0 Å². The van der Waals surface area contributed by atoms with Gasteiger partial charge in [-0.1, -0.05) is 86.7 Å². The first-order chi connectivity index (χ1) is 21.9. The van der Waals surface area contributed by atoms with Crippen molar-refractivity contribution in [2.24, 2.45) is 11.8 Å². The van der Waals surface area contributed by atoms with Crippen molar-refractivity contribution in [1.29, 1.82) is 0 Å². The van der Waals surface area contributed by atoms with Crippen LogP contribution in [-0.4, -0.2) is 0 Å². The second-order valence-electron chi connectivity index (χ2n) is 13.3. The minimum Gasteiger partial charge on any atom is -0.310 e. The van der Waals surface area contributed by atoms with Gasteiger partial charge in [0.1, 0.15) is 0 Å². The summed E-state index contributed by atoms with van der Waals surface area (Å²) in [6, 6.07) is 27.0. The van der Waals surface area contributed by atoms with E-state index in [9.17, 15) is 0 Å². The van der Waals surface area contributed by atoms with Crippen LogP contribution in [0.25, 0.3) is 18.2 Å². The largest absolute Gasteiger partial charge is 0.310 e. The molecule has 0 aliphatic heterocycles. The van der Waals surface area contributed by atoms with E-state index in [1.807, 2.05) is 0 Å². The smallest absolute Gasteiger partial charge is 0.0613 e. The Bertz CT molecular complexity index is 1940. The summed E-state index contributed by atoms with van der Waals surface area (Å²) in [6.07, 6.45) is 21.2. The normalized spacial score (nSPS) is 18.3. The molecule has 3 aliphatic rings. The van der Waals surface area contributed by atoms with Crippen LogP contribution in [0.3, 0.4) is 0 Å². The molecule has 0 aromatic heterocycles. The summed E-state index contributed by atoms with van der Waals surface area (Å²) in [4.78, 5) is 5.10. The molecule has 0 bridgehead atoms. The van der Waals surface area contributed by atoms with Gasteiger partial charge in [-0.25, -0.2) is 0 Å². The predicted molar refractivity (Wildman–Crippen MR) is 194 cm³/mol. The molecule has 0 amide bonds. The molecular weight excluding hydrogens is 544 g/mol. The van der Waals surface area contributed by atoms with Crippen molar-refractivity contribution in [3.05, 3.63) is 141 Å². The standard InChI is InChI=1S/C43H44N2/c1-29-12-8-16-34(24-29)44(35-17-9-13-30(2)25-35)42-38-20-6-7-21-39(38)43(41-28-33(5)22-23-40(41)42)45(36-18-10-14-31(3)26-36)37-19-11-15-32(4)27-37/h8-12,14-27,30,33H,6-7,13,28H2,1-5H3. The van der Waals surface area contributed by atoms with Gasteiger partial charge in [0, 0.05) is 38.8 Å². The van der Waals surface area contributed by atoms with Crippen LogP contribution in [0.2, 0.25) is 0 Å². The average Bonchev–Trinajstić information content (AvgIpc) is 3.02. The molecule has 0 fully saturated rings. The van der Waals surface area contributed by atoms with Gasteiger partial charge in [-0.2, -0.15) is 0 Å². The highest BCUT2D eigenvalue weighted by atomic mass is 15.2. The number of anilines is 5. The molecule has 7 rings (SSSR count). The third kappa shape index (κ3) is 5.59. The first-order valence-electron chi connectivity index (χ1n) is 16.6. The predicted octanol–water partition coefficient (Wildman–Crippen LogP) is 10.3. The van der Waals surface area contributed by atoms with E-state index < -0.39 is 0 Å². The molecule has 0 N–H and O–H groups in total. The Hall–Kier alpha value is -4.56. The van der Waals surface area contributed by atoms with Crippen LogP contribution in [0.5, 0.6) is 0 Å². The molecule has 4 aromatic carbocycles. The Morgan fingerprint density at radius 1 is 0.622 bits per heavy atom. The minimum absolute atomic E-state index is 0.452. The van der Waals surface area contributed by atoms with Crippen LogP contribution < -0.4 is 20.2 Å². The van der Waals surface area contributed by atoms with E-state index in [1.165, 1.54) is 72.4 Å². The van der Waals surface area contributed by atoms with Crippen LogP contribution in [0, 0.1) is 32.6 Å².